The summed E-state index contributed by atoms with van der Waals surface area (Å²) in [7, 11) is 1.50. The van der Waals surface area contributed by atoms with Crippen molar-refractivity contribution in [3.05, 3.63) is 12.4 Å². The van der Waals surface area contributed by atoms with Gasteiger partial charge in [0.2, 0.25) is 0 Å². The number of aryl methyl sites for hydroxylation is 1. The third-order valence-corrected chi connectivity index (χ3v) is 1.60. The zero-order valence-electron chi connectivity index (χ0n) is 7.57. The molecule has 0 aliphatic carbocycles. The zero-order valence-corrected chi connectivity index (χ0v) is 8.39. The molecule has 6 heteroatoms. The van der Waals surface area contributed by atoms with Gasteiger partial charge in [-0.05, 0) is 19.1 Å². The van der Waals surface area contributed by atoms with Gasteiger partial charge in [-0.15, -0.1) is 0 Å². The van der Waals surface area contributed by atoms with Crippen LogP contribution in [0.4, 0.5) is 5.69 Å². The second kappa shape index (κ2) is 4.78. The third kappa shape index (κ3) is 3.00. The molecule has 72 valence electrons. The van der Waals surface area contributed by atoms with Crippen LogP contribution in [0, 0.1) is 0 Å². The first-order valence-electron chi connectivity index (χ1n) is 3.88. The minimum atomic E-state index is 0.415. The largest absolute Gasteiger partial charge is 0.328 e. The second-order valence-electron chi connectivity index (χ2n) is 2.35. The Hall–Kier alpha value is -1.14. The fourth-order valence-electron chi connectivity index (χ4n) is 0.850. The molecule has 0 unspecified atom stereocenters. The molecule has 13 heavy (non-hydrogen) atoms. The van der Waals surface area contributed by atoms with Crippen LogP contribution >= 0.6 is 12.2 Å². The van der Waals surface area contributed by atoms with Gasteiger partial charge >= 0.3 is 0 Å². The molecule has 0 atom stereocenters. The normalized spacial score (nSPS) is 9.69. The zero-order chi connectivity index (χ0) is 9.68. The van der Waals surface area contributed by atoms with Gasteiger partial charge in [0.1, 0.15) is 0 Å². The average Bonchev–Trinajstić information content (AvgIpc) is 2.52. The van der Waals surface area contributed by atoms with Crippen LogP contribution < -0.4 is 10.8 Å². The van der Waals surface area contributed by atoms with E-state index in [1.165, 1.54) is 7.11 Å². The molecule has 0 aliphatic heterocycles. The number of nitrogens with zero attached hydrogens (tertiary/aromatic N) is 2. The SMILES string of the molecule is CCn1cc(NC(=S)NOC)cn1. The van der Waals surface area contributed by atoms with Gasteiger partial charge in [-0.1, -0.05) is 0 Å². The molecule has 1 aromatic heterocycles. The Labute approximate surface area is 82.0 Å². The minimum Gasteiger partial charge on any atom is -0.328 e. The summed E-state index contributed by atoms with van der Waals surface area (Å²) in [5, 5.41) is 7.40. The van der Waals surface area contributed by atoms with Gasteiger partial charge in [0.15, 0.2) is 5.11 Å². The number of hydrogen-bond donors (Lipinski definition) is 2. The van der Waals surface area contributed by atoms with E-state index in [-0.39, 0.29) is 0 Å². The van der Waals surface area contributed by atoms with E-state index >= 15 is 0 Å². The van der Waals surface area contributed by atoms with E-state index in [2.05, 4.69) is 20.7 Å². The van der Waals surface area contributed by atoms with Crippen LogP contribution in [0.3, 0.4) is 0 Å². The van der Waals surface area contributed by atoms with Crippen LogP contribution in [-0.2, 0) is 11.4 Å². The molecular weight excluding hydrogens is 188 g/mol. The molecule has 0 radical (unpaired) electrons. The highest BCUT2D eigenvalue weighted by Gasteiger charge is 1.98. The summed E-state index contributed by atoms with van der Waals surface area (Å²) in [6.07, 6.45) is 3.57. The Balaban J connectivity index is 2.49. The molecule has 0 aromatic carbocycles. The van der Waals surface area contributed by atoms with E-state index in [1.54, 1.807) is 10.9 Å². The third-order valence-electron chi connectivity index (χ3n) is 1.41. The van der Waals surface area contributed by atoms with E-state index in [1.807, 2.05) is 13.1 Å². The average molecular weight is 200 g/mol. The van der Waals surface area contributed by atoms with Gasteiger partial charge in [0.25, 0.3) is 0 Å². The number of rotatable bonds is 3. The highest BCUT2D eigenvalue weighted by Crippen LogP contribution is 2.03. The molecule has 5 nitrogen and oxygen atoms in total. The van der Waals surface area contributed by atoms with Crippen molar-refractivity contribution in [1.29, 1.82) is 0 Å². The van der Waals surface area contributed by atoms with Crippen LogP contribution in [0.1, 0.15) is 6.92 Å². The highest BCUT2D eigenvalue weighted by atomic mass is 32.1. The fraction of sp³-hybridized carbons (Fsp3) is 0.429. The van der Waals surface area contributed by atoms with Crippen LogP contribution in [0.2, 0.25) is 0 Å². The Morgan fingerprint density at radius 1 is 1.77 bits per heavy atom. The van der Waals surface area contributed by atoms with Crippen LogP contribution in [0.25, 0.3) is 0 Å². The summed E-state index contributed by atoms with van der Waals surface area (Å²) in [5.74, 6) is 0. The van der Waals surface area contributed by atoms with Gasteiger partial charge in [0, 0.05) is 12.7 Å². The first-order valence-corrected chi connectivity index (χ1v) is 4.29. The molecule has 0 bridgehead atoms. The first-order chi connectivity index (χ1) is 6.26. The van der Waals surface area contributed by atoms with Crippen molar-refractivity contribution in [2.75, 3.05) is 12.4 Å². The molecule has 0 fully saturated rings. The molecular formula is C7H12N4OS. The topological polar surface area (TPSA) is 51.1 Å². The molecule has 1 heterocycles. The van der Waals surface area contributed by atoms with E-state index in [4.69, 9.17) is 12.2 Å². The molecule has 0 amide bonds. The molecule has 0 aliphatic rings. The van der Waals surface area contributed by atoms with Crippen LogP contribution in [0.5, 0.6) is 0 Å². The Morgan fingerprint density at radius 2 is 2.54 bits per heavy atom. The van der Waals surface area contributed by atoms with E-state index in [9.17, 15) is 0 Å². The summed E-state index contributed by atoms with van der Waals surface area (Å²) in [6, 6.07) is 0. The summed E-state index contributed by atoms with van der Waals surface area (Å²) in [5.41, 5.74) is 3.35. The molecule has 0 spiro atoms. The van der Waals surface area contributed by atoms with Gasteiger partial charge in [0.05, 0.1) is 19.0 Å². The number of hydrogen-bond acceptors (Lipinski definition) is 3. The lowest BCUT2D eigenvalue weighted by atomic mass is 10.6. The number of anilines is 1. The van der Waals surface area contributed by atoms with Gasteiger partial charge in [-0.3, -0.25) is 9.52 Å². The fourth-order valence-corrected chi connectivity index (χ4v) is 1.05. The summed E-state index contributed by atoms with van der Waals surface area (Å²) in [6.45, 7) is 2.86. The first kappa shape index (κ1) is 9.94. The molecule has 2 N–H and O–H groups in total. The lowest BCUT2D eigenvalue weighted by Gasteiger charge is -2.04. The van der Waals surface area contributed by atoms with Crippen LogP contribution in [-0.4, -0.2) is 22.0 Å². The minimum absolute atomic E-state index is 0.415. The smallest absolute Gasteiger partial charge is 0.195 e. The standard InChI is InChI=1S/C7H12N4OS/c1-3-11-5-6(4-8-11)9-7(13)10-12-2/h4-5H,3H2,1-2H3,(H2,9,10,13). The lowest BCUT2D eigenvalue weighted by molar-refractivity contribution is 0.146. The number of nitrogens with one attached hydrogen (secondary N) is 2. The van der Waals surface area contributed by atoms with Crippen molar-refractivity contribution in [3.63, 3.8) is 0 Å². The van der Waals surface area contributed by atoms with Gasteiger partial charge in [-0.25, -0.2) is 5.48 Å². The lowest BCUT2D eigenvalue weighted by Crippen LogP contribution is -2.26. The summed E-state index contributed by atoms with van der Waals surface area (Å²) < 4.78 is 1.80. The van der Waals surface area contributed by atoms with E-state index < -0.39 is 0 Å². The van der Waals surface area contributed by atoms with E-state index in [0.29, 0.717) is 5.11 Å². The number of aromatic nitrogens is 2. The Bertz CT molecular complexity index is 286. The monoisotopic (exact) mass is 200 g/mol. The maximum Gasteiger partial charge on any atom is 0.195 e. The van der Waals surface area contributed by atoms with Gasteiger partial charge in [-0.2, -0.15) is 5.10 Å². The number of thiocarbonyl (C=S) groups is 1. The molecule has 1 rings (SSSR count). The van der Waals surface area contributed by atoms with E-state index in [0.717, 1.165) is 12.2 Å². The van der Waals surface area contributed by atoms with Crippen LogP contribution in [0.15, 0.2) is 12.4 Å². The van der Waals surface area contributed by atoms with Gasteiger partial charge < -0.3 is 5.32 Å². The predicted octanol–water partition coefficient (Wildman–Crippen LogP) is 0.751. The highest BCUT2D eigenvalue weighted by molar-refractivity contribution is 7.80. The van der Waals surface area contributed by atoms with Crippen molar-refractivity contribution in [2.24, 2.45) is 0 Å². The predicted molar refractivity (Wildman–Crippen MR) is 54.3 cm³/mol. The molecule has 0 saturated carbocycles. The Kier molecular flexibility index (Phi) is 3.66. The summed E-state index contributed by atoms with van der Waals surface area (Å²) in [4.78, 5) is 4.63. The van der Waals surface area contributed by atoms with Crippen molar-refractivity contribution in [2.45, 2.75) is 13.5 Å². The second-order valence-corrected chi connectivity index (χ2v) is 2.75. The van der Waals surface area contributed by atoms with Crippen molar-refractivity contribution < 1.29 is 4.84 Å². The van der Waals surface area contributed by atoms with Crippen molar-refractivity contribution >= 4 is 23.0 Å². The number of hydroxylamine groups is 1. The Morgan fingerprint density at radius 3 is 3.08 bits per heavy atom. The van der Waals surface area contributed by atoms with Crippen molar-refractivity contribution in [1.82, 2.24) is 15.3 Å². The summed E-state index contributed by atoms with van der Waals surface area (Å²) >= 11 is 4.90. The maximum atomic E-state index is 4.90. The quantitative estimate of drug-likeness (QED) is 0.557. The maximum absolute atomic E-state index is 4.90. The van der Waals surface area contributed by atoms with Crippen molar-refractivity contribution in [3.8, 4) is 0 Å². The molecule has 1 aromatic rings. The molecule has 0 saturated heterocycles.